The Kier molecular flexibility index (Phi) is 14.5. The molecule has 0 saturated heterocycles. The summed E-state index contributed by atoms with van der Waals surface area (Å²) in [4.78, 5) is 17.1. The normalized spacial score (nSPS) is 12.5. The minimum absolute atomic E-state index is 0. The fraction of sp³-hybridized carbons (Fsp3) is 0.447. The van der Waals surface area contributed by atoms with Gasteiger partial charge in [0.25, 0.3) is 0 Å². The molecule has 0 aliphatic carbocycles. The van der Waals surface area contributed by atoms with Gasteiger partial charge in [0.2, 0.25) is 5.71 Å². The van der Waals surface area contributed by atoms with Crippen molar-refractivity contribution in [3.05, 3.63) is 102 Å². The third-order valence-corrected chi connectivity index (χ3v) is 11.0. The molecule has 0 bridgehead atoms. The van der Waals surface area contributed by atoms with Crippen LogP contribution in [0, 0.1) is 29.7 Å². The monoisotopic (exact) mass is 879 g/mol. The van der Waals surface area contributed by atoms with Crippen molar-refractivity contribution in [2.75, 3.05) is 0 Å². The number of ketones is 1. The van der Waals surface area contributed by atoms with Gasteiger partial charge in [-0.15, -0.1) is 29.1 Å². The number of aliphatic hydroxyl groups is 1. The van der Waals surface area contributed by atoms with Crippen molar-refractivity contribution >= 4 is 27.7 Å². The third-order valence-electron chi connectivity index (χ3n) is 11.0. The Labute approximate surface area is 326 Å². The Hall–Kier alpha value is -3.53. The second kappa shape index (κ2) is 17.5. The summed E-state index contributed by atoms with van der Waals surface area (Å²) in [5.74, 6) is 1.80. The van der Waals surface area contributed by atoms with Crippen LogP contribution in [0.15, 0.2) is 83.0 Å². The van der Waals surface area contributed by atoms with Crippen LogP contribution >= 0.6 is 0 Å². The van der Waals surface area contributed by atoms with E-state index in [2.05, 4.69) is 107 Å². The third kappa shape index (κ3) is 9.71. The van der Waals surface area contributed by atoms with Gasteiger partial charge in [-0.3, -0.25) is 9.78 Å². The van der Waals surface area contributed by atoms with Gasteiger partial charge in [-0.25, -0.2) is 0 Å². The molecule has 5 aromatic rings. The van der Waals surface area contributed by atoms with E-state index in [1.807, 2.05) is 48.5 Å². The predicted octanol–water partition coefficient (Wildman–Crippen LogP) is 13.6. The number of allylic oxidation sites excluding steroid dienone is 2. The van der Waals surface area contributed by atoms with E-state index in [-0.39, 0.29) is 47.9 Å². The molecule has 0 spiro atoms. The fourth-order valence-electron chi connectivity index (χ4n) is 6.47. The molecule has 2 heterocycles. The molecule has 0 aliphatic heterocycles. The topological polar surface area (TPSA) is 63.3 Å². The number of aromatic nitrogens is 1. The first-order valence-electron chi connectivity index (χ1n) is 18.9. The van der Waals surface area contributed by atoms with Crippen LogP contribution in [0.4, 0.5) is 0 Å². The zero-order valence-corrected chi connectivity index (χ0v) is 36.0. The van der Waals surface area contributed by atoms with Crippen molar-refractivity contribution in [3.63, 3.8) is 0 Å². The zero-order chi connectivity index (χ0) is 37.7. The number of rotatable bonds is 11. The van der Waals surface area contributed by atoms with Crippen molar-refractivity contribution in [3.8, 4) is 22.4 Å². The molecular weight excluding hydrogens is 819 g/mol. The summed E-state index contributed by atoms with van der Waals surface area (Å²) in [7, 11) is 0. The first-order chi connectivity index (χ1) is 24.0. The molecule has 1 N–H and O–H groups in total. The molecule has 0 atom stereocenters. The molecule has 52 heavy (non-hydrogen) atoms. The Morgan fingerprint density at radius 3 is 2.00 bits per heavy atom. The van der Waals surface area contributed by atoms with E-state index < -0.39 is 0 Å². The largest absolute Gasteiger partial charge is 0.512 e. The van der Waals surface area contributed by atoms with Crippen molar-refractivity contribution < 1.29 is 34.4 Å². The molecule has 2 aromatic heterocycles. The van der Waals surface area contributed by atoms with E-state index in [0.717, 1.165) is 65.5 Å². The molecule has 0 fully saturated rings. The second-order valence-electron chi connectivity index (χ2n) is 16.2. The molecule has 0 saturated carbocycles. The summed E-state index contributed by atoms with van der Waals surface area (Å²) < 4.78 is 6.03. The number of fused-ring (bicyclic) bond motifs is 2. The Morgan fingerprint density at radius 1 is 0.846 bits per heavy atom. The van der Waals surface area contributed by atoms with Gasteiger partial charge in [0.15, 0.2) is 5.78 Å². The number of benzene rings is 3. The molecule has 3 aromatic carbocycles. The van der Waals surface area contributed by atoms with Gasteiger partial charge in [0.1, 0.15) is 11.5 Å². The van der Waals surface area contributed by atoms with Crippen molar-refractivity contribution in [2.45, 2.75) is 121 Å². The summed E-state index contributed by atoms with van der Waals surface area (Å²) in [6.45, 7) is 25.4. The molecule has 0 unspecified atom stereocenters. The SMILES string of the molecule is CCC(C)(CC)C(=O)/C=C(\O)C(C)(CC)CC.Cc1cc2c(-c3ccc(CC(C)C)cc3)cc(-c3[c-]c4ccccc4c(C(C)(C)C)c3)nc2o1.[Ir]. The first-order valence-corrected chi connectivity index (χ1v) is 18.9. The van der Waals surface area contributed by atoms with Crippen LogP contribution in [0.1, 0.15) is 119 Å². The minimum atomic E-state index is -0.337. The van der Waals surface area contributed by atoms with Crippen LogP contribution in [-0.4, -0.2) is 15.9 Å². The number of pyridine rings is 1. The number of hydrogen-bond acceptors (Lipinski definition) is 4. The van der Waals surface area contributed by atoms with E-state index >= 15 is 0 Å². The van der Waals surface area contributed by atoms with E-state index in [4.69, 9.17) is 9.40 Å². The molecule has 281 valence electrons. The quantitative estimate of drug-likeness (QED) is 0.0816. The maximum Gasteiger partial charge on any atom is 0.219 e. The van der Waals surface area contributed by atoms with Gasteiger partial charge in [-0.2, -0.15) is 0 Å². The molecule has 4 nitrogen and oxygen atoms in total. The molecule has 0 amide bonds. The van der Waals surface area contributed by atoms with Crippen LogP contribution in [0.3, 0.4) is 0 Å². The average Bonchev–Trinajstić information content (AvgIpc) is 3.49. The van der Waals surface area contributed by atoms with Gasteiger partial charge in [0.05, 0.1) is 0 Å². The Balaban J connectivity index is 0.000000347. The van der Waals surface area contributed by atoms with Gasteiger partial charge < -0.3 is 9.52 Å². The first kappa shape index (κ1) is 42.9. The number of furan rings is 1. The number of nitrogens with zero attached hydrogens (tertiary/aromatic N) is 1. The van der Waals surface area contributed by atoms with Crippen molar-refractivity contribution in [1.29, 1.82) is 0 Å². The van der Waals surface area contributed by atoms with Crippen LogP contribution in [0.25, 0.3) is 44.3 Å². The Morgan fingerprint density at radius 2 is 1.44 bits per heavy atom. The maximum atomic E-state index is 12.2. The summed E-state index contributed by atoms with van der Waals surface area (Å²) >= 11 is 0. The number of carbonyl (C=O) groups excluding carboxylic acids is 1. The van der Waals surface area contributed by atoms with Gasteiger partial charge in [-0.1, -0.05) is 136 Å². The van der Waals surface area contributed by atoms with Gasteiger partial charge in [0, 0.05) is 48.1 Å². The maximum absolute atomic E-state index is 12.2. The summed E-state index contributed by atoms with van der Waals surface area (Å²) in [5.41, 5.74) is 6.95. The molecular formula is C47H60IrNO3-. The van der Waals surface area contributed by atoms with Crippen LogP contribution in [0.5, 0.6) is 0 Å². The predicted molar refractivity (Wildman–Crippen MR) is 216 cm³/mol. The zero-order valence-electron chi connectivity index (χ0n) is 33.6. The van der Waals surface area contributed by atoms with E-state index in [1.54, 1.807) is 0 Å². The van der Waals surface area contributed by atoms with Crippen LogP contribution < -0.4 is 0 Å². The van der Waals surface area contributed by atoms with E-state index in [9.17, 15) is 9.90 Å². The summed E-state index contributed by atoms with van der Waals surface area (Å²) in [5, 5.41) is 13.5. The smallest absolute Gasteiger partial charge is 0.219 e. The van der Waals surface area contributed by atoms with E-state index in [0.29, 0.717) is 11.6 Å². The summed E-state index contributed by atoms with van der Waals surface area (Å²) in [6.07, 6.45) is 5.84. The molecule has 5 rings (SSSR count). The van der Waals surface area contributed by atoms with Crippen molar-refractivity contribution in [1.82, 2.24) is 4.98 Å². The second-order valence-corrected chi connectivity index (χ2v) is 16.2. The minimum Gasteiger partial charge on any atom is -0.512 e. The number of aryl methyl sites for hydroxylation is 1. The van der Waals surface area contributed by atoms with E-state index in [1.165, 1.54) is 28.2 Å². The number of aliphatic hydroxyl groups excluding tert-OH is 1. The van der Waals surface area contributed by atoms with Crippen LogP contribution in [0.2, 0.25) is 0 Å². The van der Waals surface area contributed by atoms with Crippen LogP contribution in [-0.2, 0) is 36.7 Å². The Bertz CT molecular complexity index is 1980. The standard InChI is InChI=1S/C32H32NO.C15H28O2.Ir/c1-20(2)15-22-11-13-23(14-12-22)27-19-30(33-31-28(27)16-21(3)34-31)25-17-24-9-7-8-10-26(24)29(18-25)32(4,5)6;1-7-14(5,8-2)12(16)11-13(17)15(6,9-3)10-4;/h7-14,16,18-20H,15H2,1-6H3;11,16H,7-10H2,1-6H3;/q-1;;/b;12-11-;. The molecule has 0 aliphatic rings. The fourth-order valence-corrected chi connectivity index (χ4v) is 6.47. The summed E-state index contributed by atoms with van der Waals surface area (Å²) in [6, 6.07) is 27.6. The average molecular weight is 879 g/mol. The molecule has 1 radical (unpaired) electrons. The number of carbonyl (C=O) groups is 1. The van der Waals surface area contributed by atoms with Gasteiger partial charge in [-0.05, 0) is 73.1 Å². The molecule has 5 heteroatoms. The van der Waals surface area contributed by atoms with Gasteiger partial charge >= 0.3 is 0 Å². The number of hydrogen-bond donors (Lipinski definition) is 1. The van der Waals surface area contributed by atoms with Crippen molar-refractivity contribution in [2.24, 2.45) is 16.7 Å².